The molecule has 1 unspecified atom stereocenters. The summed E-state index contributed by atoms with van der Waals surface area (Å²) >= 11 is 0. The lowest BCUT2D eigenvalue weighted by Crippen LogP contribution is -2.40. The molecule has 1 aromatic carbocycles. The maximum absolute atomic E-state index is 13.9. The molecular formula is C16H21F5N2O6. The number of aliphatic hydroxyl groups excluding tert-OH is 2. The molecule has 166 valence electrons. The van der Waals surface area contributed by atoms with Gasteiger partial charge in [-0.1, -0.05) is 0 Å². The first kappa shape index (κ1) is 26.5. The summed E-state index contributed by atoms with van der Waals surface area (Å²) in [7, 11) is 2.64. The first-order valence-corrected chi connectivity index (χ1v) is 7.85. The number of aliphatic hydroxyl groups is 2. The largest absolute Gasteiger partial charge is 0.497 e. The number of aliphatic carboxylic acids is 1. The number of carbonyl (C=O) groups excluding carboxylic acids is 1. The van der Waals surface area contributed by atoms with Crippen molar-refractivity contribution in [2.75, 3.05) is 33.9 Å². The van der Waals surface area contributed by atoms with Crippen molar-refractivity contribution >= 4 is 11.9 Å². The maximum Gasteiger partial charge on any atom is 0.490 e. The number of nitrogens with two attached hydrogens (primary N) is 1. The summed E-state index contributed by atoms with van der Waals surface area (Å²) in [5.74, 6) is -6.01. The highest BCUT2D eigenvalue weighted by Gasteiger charge is 2.38. The Kier molecular flexibility index (Phi) is 10.5. The topological polar surface area (TPSA) is 133 Å². The van der Waals surface area contributed by atoms with Crippen LogP contribution in [0, 0.1) is 17.6 Å². The highest BCUT2D eigenvalue weighted by Crippen LogP contribution is 2.25. The fraction of sp³-hybridized carbons (Fsp3) is 0.500. The molecule has 5 N–H and O–H groups in total. The van der Waals surface area contributed by atoms with E-state index in [9.17, 15) is 26.7 Å². The zero-order chi connectivity index (χ0) is 22.9. The lowest BCUT2D eigenvalue weighted by Gasteiger charge is -2.25. The summed E-state index contributed by atoms with van der Waals surface area (Å²) in [6.45, 7) is -0.637. The van der Waals surface area contributed by atoms with E-state index in [1.165, 1.54) is 14.2 Å². The molecule has 13 heteroatoms. The fourth-order valence-electron chi connectivity index (χ4n) is 1.99. The molecule has 0 aliphatic carbocycles. The standard InChI is InChI=1S/C14H20F2N2O4.C2HF3O2/c1-18(5-8(6-19)7-20)14(21)13(17)12-10(15)3-9(22-2)4-11(12)16;3-2(4,5)1(6)7/h3-4,8,13,19-20H,5-7,17H2,1-2H3;(H,6,7). The molecule has 1 amide bonds. The molecule has 1 rings (SSSR count). The molecule has 0 aliphatic rings. The van der Waals surface area contributed by atoms with Gasteiger partial charge in [-0.05, 0) is 0 Å². The molecule has 1 aromatic rings. The normalized spacial score (nSPS) is 12.1. The summed E-state index contributed by atoms with van der Waals surface area (Å²) in [6.07, 6.45) is -5.08. The number of ether oxygens (including phenoxy) is 1. The van der Waals surface area contributed by atoms with Crippen LogP contribution in [0.5, 0.6) is 5.75 Å². The number of amides is 1. The highest BCUT2D eigenvalue weighted by molar-refractivity contribution is 5.83. The number of likely N-dealkylation sites (N-methyl/N-ethyl adjacent to an activating group) is 1. The quantitative estimate of drug-likeness (QED) is 0.466. The molecule has 0 heterocycles. The van der Waals surface area contributed by atoms with Gasteiger partial charge in [0.2, 0.25) is 5.91 Å². The van der Waals surface area contributed by atoms with Crippen molar-refractivity contribution in [3.05, 3.63) is 29.3 Å². The summed E-state index contributed by atoms with van der Waals surface area (Å²) in [5.41, 5.74) is 5.10. The number of carbonyl (C=O) groups is 2. The molecule has 0 radical (unpaired) electrons. The summed E-state index contributed by atoms with van der Waals surface area (Å²) in [4.78, 5) is 22.2. The van der Waals surface area contributed by atoms with Crippen LogP contribution in [-0.2, 0) is 9.59 Å². The third-order valence-corrected chi connectivity index (χ3v) is 3.53. The molecule has 0 fully saturated rings. The van der Waals surface area contributed by atoms with Gasteiger partial charge in [-0.25, -0.2) is 13.6 Å². The molecule has 29 heavy (non-hydrogen) atoms. The Morgan fingerprint density at radius 1 is 1.17 bits per heavy atom. The SMILES string of the molecule is COc1cc(F)c(C(N)C(=O)N(C)CC(CO)CO)c(F)c1.O=C(O)C(F)(F)F. The second-order valence-electron chi connectivity index (χ2n) is 5.74. The Labute approximate surface area is 162 Å². The van der Waals surface area contributed by atoms with Crippen molar-refractivity contribution in [3.63, 3.8) is 0 Å². The molecule has 1 atom stereocenters. The Morgan fingerprint density at radius 3 is 1.90 bits per heavy atom. The number of hydrogen-bond donors (Lipinski definition) is 4. The van der Waals surface area contributed by atoms with Gasteiger partial charge in [0.15, 0.2) is 0 Å². The Bertz CT molecular complexity index is 674. The van der Waals surface area contributed by atoms with E-state index in [0.717, 1.165) is 17.0 Å². The first-order chi connectivity index (χ1) is 13.3. The Balaban J connectivity index is 0.000000956. The first-order valence-electron chi connectivity index (χ1n) is 7.85. The average molecular weight is 432 g/mol. The number of methoxy groups -OCH3 is 1. The highest BCUT2D eigenvalue weighted by atomic mass is 19.4. The van der Waals surface area contributed by atoms with E-state index >= 15 is 0 Å². The summed E-state index contributed by atoms with van der Waals surface area (Å²) < 4.78 is 64.3. The zero-order valence-electron chi connectivity index (χ0n) is 15.4. The van der Waals surface area contributed by atoms with Gasteiger partial charge in [-0.15, -0.1) is 0 Å². The van der Waals surface area contributed by atoms with Crippen molar-refractivity contribution in [3.8, 4) is 5.75 Å². The molecule has 0 saturated carbocycles. The Morgan fingerprint density at radius 2 is 1.59 bits per heavy atom. The fourth-order valence-corrected chi connectivity index (χ4v) is 1.99. The van der Waals surface area contributed by atoms with E-state index in [0.29, 0.717) is 0 Å². The van der Waals surface area contributed by atoms with Gasteiger partial charge in [0.25, 0.3) is 0 Å². The van der Waals surface area contributed by atoms with Gasteiger partial charge in [0.05, 0.1) is 12.7 Å². The van der Waals surface area contributed by atoms with Crippen molar-refractivity contribution in [2.45, 2.75) is 12.2 Å². The predicted octanol–water partition coefficient (Wildman–Crippen LogP) is 0.666. The van der Waals surface area contributed by atoms with Gasteiger partial charge >= 0.3 is 12.1 Å². The van der Waals surface area contributed by atoms with Gasteiger partial charge in [-0.2, -0.15) is 13.2 Å². The van der Waals surface area contributed by atoms with Crippen LogP contribution in [0.3, 0.4) is 0 Å². The van der Waals surface area contributed by atoms with Gasteiger partial charge in [0.1, 0.15) is 23.4 Å². The van der Waals surface area contributed by atoms with E-state index in [-0.39, 0.29) is 25.5 Å². The monoisotopic (exact) mass is 432 g/mol. The van der Waals surface area contributed by atoms with E-state index < -0.39 is 47.2 Å². The van der Waals surface area contributed by atoms with E-state index in [1.807, 2.05) is 0 Å². The smallest absolute Gasteiger partial charge is 0.490 e. The molecular weight excluding hydrogens is 411 g/mol. The number of carboxylic acids is 1. The molecule has 8 nitrogen and oxygen atoms in total. The second-order valence-corrected chi connectivity index (χ2v) is 5.74. The summed E-state index contributed by atoms with van der Waals surface area (Å²) in [5, 5.41) is 25.1. The van der Waals surface area contributed by atoms with Crippen LogP contribution >= 0.6 is 0 Å². The maximum atomic E-state index is 13.9. The number of nitrogens with zero attached hydrogens (tertiary/aromatic N) is 1. The lowest BCUT2D eigenvalue weighted by atomic mass is 10.0. The molecule has 0 saturated heterocycles. The van der Waals surface area contributed by atoms with Crippen LogP contribution < -0.4 is 10.5 Å². The van der Waals surface area contributed by atoms with Gasteiger partial charge in [0, 0.05) is 44.9 Å². The number of alkyl halides is 3. The van der Waals surface area contributed by atoms with Crippen LogP contribution in [-0.4, -0.2) is 72.2 Å². The van der Waals surface area contributed by atoms with Gasteiger partial charge < -0.3 is 30.7 Å². The van der Waals surface area contributed by atoms with Crippen LogP contribution in [0.2, 0.25) is 0 Å². The predicted molar refractivity (Wildman–Crippen MR) is 88.8 cm³/mol. The number of carboxylic acid groups (broad SMARTS) is 1. The van der Waals surface area contributed by atoms with E-state index in [4.69, 9.17) is 30.6 Å². The number of hydrogen-bond acceptors (Lipinski definition) is 6. The minimum Gasteiger partial charge on any atom is -0.497 e. The number of halogens is 5. The van der Waals surface area contributed by atoms with Crippen molar-refractivity contribution in [2.24, 2.45) is 11.7 Å². The zero-order valence-corrected chi connectivity index (χ0v) is 15.4. The number of rotatable bonds is 7. The van der Waals surface area contributed by atoms with Crippen molar-refractivity contribution in [1.29, 1.82) is 0 Å². The summed E-state index contributed by atoms with van der Waals surface area (Å²) in [6, 6.07) is 0.347. The average Bonchev–Trinajstić information content (AvgIpc) is 2.63. The third-order valence-electron chi connectivity index (χ3n) is 3.53. The Hall–Kier alpha value is -2.51. The van der Waals surface area contributed by atoms with Crippen molar-refractivity contribution < 1.29 is 51.6 Å². The minimum atomic E-state index is -5.08. The van der Waals surface area contributed by atoms with E-state index in [2.05, 4.69) is 0 Å². The number of benzene rings is 1. The third kappa shape index (κ3) is 8.17. The molecule has 0 bridgehead atoms. The van der Waals surface area contributed by atoms with Crippen molar-refractivity contribution in [1.82, 2.24) is 4.90 Å². The molecule has 0 aliphatic heterocycles. The van der Waals surface area contributed by atoms with Crippen LogP contribution in [0.15, 0.2) is 12.1 Å². The molecule has 0 aromatic heterocycles. The van der Waals surface area contributed by atoms with Crippen LogP contribution in [0.25, 0.3) is 0 Å². The lowest BCUT2D eigenvalue weighted by molar-refractivity contribution is -0.192. The minimum absolute atomic E-state index is 0.0128. The van der Waals surface area contributed by atoms with Crippen LogP contribution in [0.4, 0.5) is 22.0 Å². The van der Waals surface area contributed by atoms with Crippen LogP contribution in [0.1, 0.15) is 11.6 Å². The van der Waals surface area contributed by atoms with E-state index in [1.54, 1.807) is 0 Å². The second kappa shape index (κ2) is 11.5. The molecule has 0 spiro atoms. The van der Waals surface area contributed by atoms with Gasteiger partial charge in [-0.3, -0.25) is 4.79 Å².